The van der Waals surface area contributed by atoms with E-state index in [1.807, 2.05) is 22.6 Å². The van der Waals surface area contributed by atoms with Crippen LogP contribution in [0.1, 0.15) is 29.9 Å². The first-order chi connectivity index (χ1) is 19.8. The van der Waals surface area contributed by atoms with Gasteiger partial charge in [0.05, 0.1) is 43.3 Å². The number of thiophene rings is 1. The van der Waals surface area contributed by atoms with E-state index < -0.39 is 0 Å². The van der Waals surface area contributed by atoms with Gasteiger partial charge in [0, 0.05) is 23.1 Å². The number of nitrogens with one attached hydrogen (secondary N) is 1. The first-order valence-corrected chi connectivity index (χ1v) is 15.8. The minimum atomic E-state index is -0.267. The lowest BCUT2D eigenvalue weighted by Gasteiger charge is -2.30. The Kier molecular flexibility index (Phi) is 7.82. The Balaban J connectivity index is 1.32. The highest BCUT2D eigenvalue weighted by Crippen LogP contribution is 2.42. The van der Waals surface area contributed by atoms with E-state index in [9.17, 15) is 4.79 Å². The van der Waals surface area contributed by atoms with E-state index in [2.05, 4.69) is 41.5 Å². The van der Waals surface area contributed by atoms with E-state index in [0.29, 0.717) is 28.9 Å². The Morgan fingerprint density at radius 3 is 2.71 bits per heavy atom. The van der Waals surface area contributed by atoms with Crippen LogP contribution < -0.4 is 14.8 Å². The van der Waals surface area contributed by atoms with E-state index in [1.54, 1.807) is 55.5 Å². The van der Waals surface area contributed by atoms with Crippen LogP contribution in [0.5, 0.6) is 11.5 Å². The molecule has 1 aliphatic heterocycles. The number of amides is 1. The minimum absolute atomic E-state index is 0.138. The molecule has 212 valence electrons. The van der Waals surface area contributed by atoms with Crippen molar-refractivity contribution in [1.29, 1.82) is 0 Å². The number of anilines is 1. The smallest absolute Gasteiger partial charge is 0.234 e. The Morgan fingerprint density at radius 1 is 1.10 bits per heavy atom. The van der Waals surface area contributed by atoms with Crippen LogP contribution in [0, 0.1) is 0 Å². The van der Waals surface area contributed by atoms with Crippen molar-refractivity contribution in [3.63, 3.8) is 0 Å². The normalized spacial score (nSPS) is 14.2. The van der Waals surface area contributed by atoms with Crippen LogP contribution in [0.25, 0.3) is 15.9 Å². The number of hydrogen-bond acceptors (Lipinski definition) is 10. The number of methoxy groups -OCH3 is 2. The molecule has 12 heteroatoms. The lowest BCUT2D eigenvalue weighted by Crippen LogP contribution is -2.31. The summed E-state index contributed by atoms with van der Waals surface area (Å²) in [6, 6.07) is 15.6. The largest absolute Gasteiger partial charge is 0.497 e. The molecule has 1 aliphatic rings. The number of carbonyl (C=O) groups is 1. The summed E-state index contributed by atoms with van der Waals surface area (Å²) >= 11 is 4.62. The molecule has 0 saturated heterocycles. The maximum Gasteiger partial charge on any atom is 0.234 e. The molecule has 6 rings (SSSR count). The second kappa shape index (κ2) is 11.5. The van der Waals surface area contributed by atoms with Gasteiger partial charge in [-0.2, -0.15) is 0 Å². The molecule has 0 radical (unpaired) electrons. The quantitative estimate of drug-likeness (QED) is 0.154. The first kappa shape index (κ1) is 27.8. The molecule has 5 aromatic rings. The number of hydrogen-bond donors (Lipinski definition) is 1. The Hall–Kier alpha value is -3.32. The molecule has 0 atom stereocenters. The molecule has 0 fully saturated rings. The molecular weight excluding hydrogens is 579 g/mol. The summed E-state index contributed by atoms with van der Waals surface area (Å²) in [7, 11) is 3.14. The highest BCUT2D eigenvalue weighted by atomic mass is 32.2. The van der Waals surface area contributed by atoms with Crippen LogP contribution in [-0.4, -0.2) is 51.1 Å². The number of thioether (sulfide) groups is 2. The topological polar surface area (TPSA) is 99.9 Å². The predicted molar refractivity (Wildman–Crippen MR) is 164 cm³/mol. The lowest BCUT2D eigenvalue weighted by molar-refractivity contribution is -0.113. The molecule has 0 saturated carbocycles. The highest BCUT2D eigenvalue weighted by molar-refractivity contribution is 8.00. The van der Waals surface area contributed by atoms with Gasteiger partial charge in [0.1, 0.15) is 16.3 Å². The molecule has 0 unspecified atom stereocenters. The van der Waals surface area contributed by atoms with Crippen LogP contribution in [-0.2, 0) is 28.3 Å². The lowest BCUT2D eigenvalue weighted by atomic mass is 9.94. The summed E-state index contributed by atoms with van der Waals surface area (Å²) in [5.74, 6) is 1.87. The zero-order valence-corrected chi connectivity index (χ0v) is 25.5. The summed E-state index contributed by atoms with van der Waals surface area (Å²) in [6.07, 6.45) is 0.775. The van der Waals surface area contributed by atoms with E-state index in [-0.39, 0.29) is 17.3 Å². The fourth-order valence-electron chi connectivity index (χ4n) is 4.72. The van der Waals surface area contributed by atoms with Gasteiger partial charge >= 0.3 is 0 Å². The number of nitrogens with zero attached hydrogens (tertiary/aromatic N) is 4. The van der Waals surface area contributed by atoms with Crippen molar-refractivity contribution < 1.29 is 19.0 Å². The monoisotopic (exact) mass is 607 g/mol. The average Bonchev–Trinajstić information content (AvgIpc) is 3.56. The number of ether oxygens (including phenoxy) is 3. The van der Waals surface area contributed by atoms with Gasteiger partial charge in [-0.25, -0.2) is 9.38 Å². The minimum Gasteiger partial charge on any atom is -0.497 e. The summed E-state index contributed by atoms with van der Waals surface area (Å²) in [4.78, 5) is 20.2. The van der Waals surface area contributed by atoms with Gasteiger partial charge in [-0.05, 0) is 37.1 Å². The van der Waals surface area contributed by atoms with Crippen molar-refractivity contribution in [2.24, 2.45) is 0 Å². The number of benzene rings is 2. The number of fused-ring (bicyclic) bond motifs is 5. The number of aromatic nitrogens is 4. The second-order valence-electron chi connectivity index (χ2n) is 10.1. The maximum absolute atomic E-state index is 13.0. The zero-order valence-electron chi connectivity index (χ0n) is 23.1. The molecule has 3 aromatic heterocycles. The van der Waals surface area contributed by atoms with Gasteiger partial charge in [-0.1, -0.05) is 53.9 Å². The third-order valence-corrected chi connectivity index (χ3v) is 9.78. The van der Waals surface area contributed by atoms with Crippen LogP contribution in [0.15, 0.2) is 58.8 Å². The van der Waals surface area contributed by atoms with E-state index in [4.69, 9.17) is 19.2 Å². The SMILES string of the molecule is COc1ccc(NC(=O)CSc2nnc3c4c5c(sc4nc(SCc4ccccc4)n23)COC(C)(C)C5)c(OC)c1. The van der Waals surface area contributed by atoms with Crippen LogP contribution in [0.4, 0.5) is 5.69 Å². The predicted octanol–water partition coefficient (Wildman–Crippen LogP) is 6.23. The van der Waals surface area contributed by atoms with Crippen LogP contribution in [0.3, 0.4) is 0 Å². The van der Waals surface area contributed by atoms with Crippen molar-refractivity contribution in [1.82, 2.24) is 19.6 Å². The first-order valence-electron chi connectivity index (χ1n) is 13.0. The summed E-state index contributed by atoms with van der Waals surface area (Å²) in [6.45, 7) is 4.78. The van der Waals surface area contributed by atoms with Crippen molar-refractivity contribution in [3.05, 3.63) is 64.5 Å². The van der Waals surface area contributed by atoms with Crippen LogP contribution in [0.2, 0.25) is 0 Å². The molecular formula is C29H29N5O4S3. The van der Waals surface area contributed by atoms with Gasteiger partial charge in [0.25, 0.3) is 0 Å². The van der Waals surface area contributed by atoms with Crippen molar-refractivity contribution in [3.8, 4) is 11.5 Å². The third-order valence-electron chi connectivity index (χ3n) is 6.74. The van der Waals surface area contributed by atoms with Crippen molar-refractivity contribution in [2.45, 2.75) is 48.5 Å². The van der Waals surface area contributed by atoms with Gasteiger partial charge in [0.15, 0.2) is 16.0 Å². The highest BCUT2D eigenvalue weighted by Gasteiger charge is 2.32. The van der Waals surface area contributed by atoms with Gasteiger partial charge in [-0.15, -0.1) is 21.5 Å². The standard InChI is InChI=1S/C29H29N5O4S3/c1-29(2)13-19-22(14-38-29)41-26-24(19)25-32-33-28(34(25)27(31-26)39-15-17-8-6-5-7-9-17)40-16-23(35)30-20-11-10-18(36-3)12-21(20)37-4/h5-12H,13-16H2,1-4H3,(H,30,35). The number of rotatable bonds is 9. The molecule has 0 spiro atoms. The molecule has 9 nitrogen and oxygen atoms in total. The van der Waals surface area contributed by atoms with Crippen LogP contribution >= 0.6 is 34.9 Å². The molecule has 4 heterocycles. The molecule has 1 amide bonds. The Bertz CT molecular complexity index is 1740. The van der Waals surface area contributed by atoms with E-state index in [0.717, 1.165) is 33.2 Å². The number of carbonyl (C=O) groups excluding carboxylic acids is 1. The van der Waals surface area contributed by atoms with Gasteiger partial charge < -0.3 is 19.5 Å². The van der Waals surface area contributed by atoms with Crippen molar-refractivity contribution in [2.75, 3.05) is 25.3 Å². The van der Waals surface area contributed by atoms with E-state index in [1.165, 1.54) is 27.8 Å². The van der Waals surface area contributed by atoms with E-state index >= 15 is 0 Å². The molecule has 0 bridgehead atoms. The Morgan fingerprint density at radius 2 is 1.93 bits per heavy atom. The van der Waals surface area contributed by atoms with Crippen molar-refractivity contribution >= 4 is 62.3 Å². The summed E-state index contributed by atoms with van der Waals surface area (Å²) in [5.41, 5.74) is 3.49. The third kappa shape index (κ3) is 5.74. The molecule has 2 aromatic carbocycles. The molecule has 41 heavy (non-hydrogen) atoms. The van der Waals surface area contributed by atoms with Gasteiger partial charge in [0.2, 0.25) is 5.91 Å². The fourth-order valence-corrected chi connectivity index (χ4v) is 7.61. The zero-order chi connectivity index (χ0) is 28.6. The summed E-state index contributed by atoms with van der Waals surface area (Å²) < 4.78 is 18.8. The Labute approximate surface area is 250 Å². The maximum atomic E-state index is 13.0. The second-order valence-corrected chi connectivity index (χ2v) is 13.1. The van der Waals surface area contributed by atoms with Gasteiger partial charge in [-0.3, -0.25) is 4.79 Å². The fraction of sp³-hybridized carbons (Fsp3) is 0.310. The molecule has 1 N–H and O–H groups in total. The molecule has 0 aliphatic carbocycles. The summed E-state index contributed by atoms with van der Waals surface area (Å²) in [5, 5.41) is 14.5. The average molecular weight is 608 g/mol.